The molecule has 94 heavy (non-hydrogen) atoms. The zero-order valence-corrected chi connectivity index (χ0v) is 57.1. The summed E-state index contributed by atoms with van der Waals surface area (Å²) in [5.74, 6) is 0.964. The minimum atomic E-state index is -0.632. The van der Waals surface area contributed by atoms with Crippen LogP contribution in [-0.2, 0) is 64.8 Å². The van der Waals surface area contributed by atoms with Crippen molar-refractivity contribution in [3.8, 4) is 0 Å². The summed E-state index contributed by atoms with van der Waals surface area (Å²) in [6.45, 7) is 32.9. The van der Waals surface area contributed by atoms with Crippen LogP contribution in [0.15, 0.2) is 123 Å². The number of ether oxygens (including phenoxy) is 2. The lowest BCUT2D eigenvalue weighted by molar-refractivity contribution is -0.116. The molecule has 8 aromatic rings. The summed E-state index contributed by atoms with van der Waals surface area (Å²) in [4.78, 5) is 136. The van der Waals surface area contributed by atoms with Crippen molar-refractivity contribution in [1.29, 1.82) is 0 Å². The molecule has 7 N–H and O–H groups in total. The molecule has 0 aliphatic carbocycles. The molecule has 0 atom stereocenters. The Morgan fingerprint density at radius 3 is 1.16 bits per heavy atom. The third-order valence-corrected chi connectivity index (χ3v) is 14.6. The van der Waals surface area contributed by atoms with Crippen LogP contribution in [0.4, 0.5) is 46.0 Å². The molecule has 0 aliphatic heterocycles. The van der Waals surface area contributed by atoms with E-state index in [9.17, 15) is 47.9 Å². The standard InChI is InChI=1S/C19H25N3O4.C18H23N3O2.C17H23N3O3.C16H19N3O3/c1-6-16-17(24)20-19(25)21(11-26-7-2)18(16)22(14(5)23)15-9-12(3)8-13(4)10-15;1-5-7-8-21-16(15(6-2)17(22)20-18(21)23)19-14-10-12(3)9-13(4)11-14;1-5-14-15(18-13-8-11(3)7-12(4)9-13)20(10-23-6-2)17(22)19-16(14)21;1-5-13-14(17-16(22)18-15(13)21)19(11(4)20)12-7-9(2)6-10(3)8-12/h8-10H,6-7,11H2,1-5H3,(H,20,24,25);5,7,9-11,19H,6,8H2,1-4H3,(H,20,22,23);7-9,18H,5-6,10H2,1-4H3,(H,19,21,22);6-8H,5H2,1-4H3,(H2,17,18,21,22)/b;7-5+;;. The first kappa shape index (κ1) is 74.5. The highest BCUT2D eigenvalue weighted by atomic mass is 16.5. The van der Waals surface area contributed by atoms with E-state index in [2.05, 4.69) is 47.7 Å². The van der Waals surface area contributed by atoms with Gasteiger partial charge in [-0.2, -0.15) is 0 Å². The van der Waals surface area contributed by atoms with E-state index in [4.69, 9.17) is 9.47 Å². The smallest absolute Gasteiger partial charge is 0.331 e. The predicted octanol–water partition coefficient (Wildman–Crippen LogP) is 9.81. The average Bonchev–Trinajstić information content (AvgIpc) is 0.789. The van der Waals surface area contributed by atoms with Crippen LogP contribution in [0, 0.1) is 55.4 Å². The summed E-state index contributed by atoms with van der Waals surface area (Å²) in [6, 6.07) is 23.5. The van der Waals surface area contributed by atoms with Crippen LogP contribution >= 0.6 is 0 Å². The van der Waals surface area contributed by atoms with Gasteiger partial charge >= 0.3 is 22.8 Å². The Morgan fingerprint density at radius 1 is 0.436 bits per heavy atom. The fourth-order valence-corrected chi connectivity index (χ4v) is 10.8. The van der Waals surface area contributed by atoms with Crippen LogP contribution in [0.25, 0.3) is 0 Å². The van der Waals surface area contributed by atoms with Crippen molar-refractivity contribution in [3.05, 3.63) is 235 Å². The number of hydrogen-bond acceptors (Lipinski definition) is 14. The Labute approximate surface area is 545 Å². The highest BCUT2D eigenvalue weighted by Crippen LogP contribution is 2.31. The molecule has 0 saturated heterocycles. The van der Waals surface area contributed by atoms with Gasteiger partial charge in [-0.15, -0.1) is 0 Å². The third kappa shape index (κ3) is 19.4. The highest BCUT2D eigenvalue weighted by Gasteiger charge is 2.26. The molecule has 8 rings (SSSR count). The third-order valence-electron chi connectivity index (χ3n) is 14.6. The molecule has 24 heteroatoms. The second-order valence-electron chi connectivity index (χ2n) is 22.6. The van der Waals surface area contributed by atoms with Crippen molar-refractivity contribution in [2.75, 3.05) is 33.6 Å². The van der Waals surface area contributed by atoms with Gasteiger partial charge in [-0.1, -0.05) is 64.1 Å². The van der Waals surface area contributed by atoms with E-state index < -0.39 is 33.9 Å². The molecule has 0 bridgehead atoms. The minimum absolute atomic E-state index is 0.0526. The molecule has 502 valence electrons. The first-order valence-corrected chi connectivity index (χ1v) is 31.2. The number of carbonyl (C=O) groups is 2. The average molecular weight is 1290 g/mol. The number of nitrogens with zero attached hydrogens (tertiary/aromatic N) is 5. The Hall–Kier alpha value is -10.2. The maximum Gasteiger partial charge on any atom is 0.331 e. The maximum atomic E-state index is 12.5. The molecular formula is C70H90N12O12. The number of hydrogen-bond donors (Lipinski definition) is 7. The molecule has 24 nitrogen and oxygen atoms in total. The lowest BCUT2D eigenvalue weighted by atomic mass is 10.1. The molecule has 0 unspecified atom stereocenters. The number of benzene rings is 4. The predicted molar refractivity (Wildman–Crippen MR) is 373 cm³/mol. The van der Waals surface area contributed by atoms with Crippen molar-refractivity contribution < 1.29 is 19.1 Å². The minimum Gasteiger partial charge on any atom is -0.361 e. The van der Waals surface area contributed by atoms with Crippen LogP contribution in [0.1, 0.15) is 129 Å². The number of carbonyl (C=O) groups excluding carboxylic acids is 2. The van der Waals surface area contributed by atoms with Gasteiger partial charge in [0, 0.05) is 45.0 Å². The second-order valence-corrected chi connectivity index (χ2v) is 22.6. The summed E-state index contributed by atoms with van der Waals surface area (Å²) in [5, 5.41) is 6.50. The number of anilines is 8. The molecule has 2 amide bonds. The van der Waals surface area contributed by atoms with Crippen molar-refractivity contribution >= 4 is 57.8 Å². The molecule has 4 aromatic heterocycles. The zero-order valence-electron chi connectivity index (χ0n) is 57.1. The van der Waals surface area contributed by atoms with Crippen molar-refractivity contribution in [3.63, 3.8) is 0 Å². The Balaban J connectivity index is 0.000000227. The largest absolute Gasteiger partial charge is 0.361 e. The van der Waals surface area contributed by atoms with Gasteiger partial charge in [-0.25, -0.2) is 19.2 Å². The van der Waals surface area contributed by atoms with Crippen LogP contribution < -0.4 is 65.4 Å². The van der Waals surface area contributed by atoms with E-state index in [1.165, 1.54) is 32.8 Å². The van der Waals surface area contributed by atoms with E-state index in [1.807, 2.05) is 170 Å². The second kappa shape index (κ2) is 34.5. The molecule has 0 spiro atoms. The van der Waals surface area contributed by atoms with E-state index in [-0.39, 0.29) is 48.0 Å². The summed E-state index contributed by atoms with van der Waals surface area (Å²) < 4.78 is 15.0. The van der Waals surface area contributed by atoms with Gasteiger partial charge in [-0.3, -0.25) is 77.2 Å². The summed E-state index contributed by atoms with van der Waals surface area (Å²) >= 11 is 0. The number of aromatic amines is 5. The van der Waals surface area contributed by atoms with E-state index in [0.29, 0.717) is 90.7 Å². The fourth-order valence-electron chi connectivity index (χ4n) is 10.8. The van der Waals surface area contributed by atoms with E-state index >= 15 is 0 Å². The first-order chi connectivity index (χ1) is 44.5. The monoisotopic (exact) mass is 1290 g/mol. The molecule has 4 aromatic carbocycles. The molecule has 0 fully saturated rings. The van der Waals surface area contributed by atoms with Gasteiger partial charge in [0.1, 0.15) is 36.7 Å². The molecular weight excluding hydrogens is 1200 g/mol. The fraction of sp³-hybridized carbons (Fsp3) is 0.371. The maximum absolute atomic E-state index is 12.5. The normalized spacial score (nSPS) is 10.8. The van der Waals surface area contributed by atoms with Crippen molar-refractivity contribution in [1.82, 2.24) is 38.6 Å². The Kier molecular flexibility index (Phi) is 27.3. The lowest BCUT2D eigenvalue weighted by Crippen LogP contribution is -2.39. The highest BCUT2D eigenvalue weighted by molar-refractivity contribution is 5.99. The number of H-pyrrole nitrogens is 5. The summed E-state index contributed by atoms with van der Waals surface area (Å²) in [6.07, 6.45) is 5.57. The first-order valence-electron chi connectivity index (χ1n) is 31.2. The Bertz CT molecular complexity index is 4480. The van der Waals surface area contributed by atoms with Crippen LogP contribution in [0.2, 0.25) is 0 Å². The quantitative estimate of drug-likeness (QED) is 0.0349. The van der Waals surface area contributed by atoms with Crippen LogP contribution in [-0.4, -0.2) is 63.6 Å². The number of amides is 2. The van der Waals surface area contributed by atoms with Crippen LogP contribution in [0.5, 0.6) is 0 Å². The lowest BCUT2D eigenvalue weighted by Gasteiger charge is -2.27. The topological polar surface area (TPSA) is 313 Å². The SMILES string of the molecule is C/C=C/Cn1c(Nc2cc(C)cc(C)c2)c(CC)c(=O)[nH]c1=O.CCOCn1c(N(C(C)=O)c2cc(C)cc(C)c2)c(CC)c(=O)[nH]c1=O.CCOCn1c(Nc2cc(C)cc(C)c2)c(CC)c(=O)[nH]c1=O.CCc1c(N(C(C)=O)c2cc(C)cc(C)c2)[nH]c(=O)[nH]c1=O. The number of aryl methyl sites for hydroxylation is 8. The van der Waals surface area contributed by atoms with Crippen LogP contribution in [0.3, 0.4) is 0 Å². The van der Waals surface area contributed by atoms with Gasteiger partial charge in [0.05, 0.1) is 33.6 Å². The van der Waals surface area contributed by atoms with Crippen molar-refractivity contribution in [2.24, 2.45) is 0 Å². The van der Waals surface area contributed by atoms with Gasteiger partial charge in [-0.05, 0) is 195 Å². The molecule has 4 heterocycles. The number of aromatic nitrogens is 8. The van der Waals surface area contributed by atoms with Gasteiger partial charge in [0.15, 0.2) is 0 Å². The number of rotatable bonds is 20. The molecule has 0 saturated carbocycles. The number of allylic oxidation sites excluding steroid dienone is 2. The summed E-state index contributed by atoms with van der Waals surface area (Å²) in [7, 11) is 0. The van der Waals surface area contributed by atoms with Gasteiger partial charge in [0.25, 0.3) is 22.2 Å². The number of nitrogens with one attached hydrogen (secondary N) is 7. The van der Waals surface area contributed by atoms with E-state index in [0.717, 1.165) is 55.9 Å². The Morgan fingerprint density at radius 2 is 0.777 bits per heavy atom. The van der Waals surface area contributed by atoms with Crippen molar-refractivity contribution in [2.45, 2.75) is 163 Å². The van der Waals surface area contributed by atoms with Gasteiger partial charge < -0.3 is 20.1 Å². The molecule has 0 aliphatic rings. The zero-order chi connectivity index (χ0) is 69.8. The molecule has 0 radical (unpaired) electrons. The van der Waals surface area contributed by atoms with Gasteiger partial charge in [0.2, 0.25) is 11.8 Å². The van der Waals surface area contributed by atoms with E-state index in [1.54, 1.807) is 11.5 Å². The summed E-state index contributed by atoms with van der Waals surface area (Å²) in [5.41, 5.74) is 9.40.